The quantitative estimate of drug-likeness (QED) is 0.121. The van der Waals surface area contributed by atoms with Gasteiger partial charge in [0.1, 0.15) is 0 Å². The number of fused-ring (bicyclic) bond motifs is 3. The van der Waals surface area contributed by atoms with Crippen molar-refractivity contribution in [2.24, 2.45) is 5.92 Å². The van der Waals surface area contributed by atoms with Gasteiger partial charge in [0, 0.05) is 34.9 Å². The number of amides is 3. The van der Waals surface area contributed by atoms with E-state index < -0.39 is 37.6 Å². The van der Waals surface area contributed by atoms with E-state index in [1.54, 1.807) is 29.0 Å². The van der Waals surface area contributed by atoms with Crippen molar-refractivity contribution < 1.29 is 28.3 Å². The molecule has 4 aromatic carbocycles. The number of carbonyl (C=O) groups is 3. The van der Waals surface area contributed by atoms with Crippen LogP contribution in [0.15, 0.2) is 103 Å². The first-order valence-corrected chi connectivity index (χ1v) is 20.2. The first-order valence-electron chi connectivity index (χ1n) is 17.2. The van der Waals surface area contributed by atoms with Crippen LogP contribution in [0, 0.1) is 5.92 Å². The highest BCUT2D eigenvalue weighted by Crippen LogP contribution is 2.61. The zero-order valence-electron chi connectivity index (χ0n) is 28.5. The number of hydrogen-bond donors (Lipinski definition) is 1. The van der Waals surface area contributed by atoms with Gasteiger partial charge >= 0.3 is 0 Å². The lowest BCUT2D eigenvalue weighted by atomic mass is 9.82. The standard InChI is InChI=1S/C40H42FN3O5Si/c1-27-38(50(2,3)41)36(22-37(47)42-24-30-15-11-10-14-29(30)20-33(42)25-45)49-40(27)34-21-32(44(26-46)31-16-8-5-9-17-31)18-19-35(34)43(39(40)48)23-28-12-6-4-7-13-28/h4-19,21,26-27,33,36,38,45H,20,22-25H2,1-3H3/t27-,33+,36+,38-,40+/m1/s1. The predicted octanol–water partition coefficient (Wildman–Crippen LogP) is 6.64. The highest BCUT2D eigenvalue weighted by Gasteiger charge is 2.67. The van der Waals surface area contributed by atoms with Gasteiger partial charge in [-0.25, -0.2) is 0 Å². The molecule has 8 nitrogen and oxygen atoms in total. The Morgan fingerprint density at radius 3 is 2.30 bits per heavy atom. The number of para-hydroxylation sites is 1. The minimum atomic E-state index is -3.57. The fourth-order valence-corrected chi connectivity index (χ4v) is 11.0. The molecule has 1 spiro atoms. The first kappa shape index (κ1) is 33.8. The van der Waals surface area contributed by atoms with E-state index in [2.05, 4.69) is 0 Å². The summed E-state index contributed by atoms with van der Waals surface area (Å²) in [6.45, 7) is 5.51. The van der Waals surface area contributed by atoms with Crippen LogP contribution in [0.5, 0.6) is 0 Å². The second-order valence-electron chi connectivity index (χ2n) is 14.2. The number of ether oxygens (including phenoxy) is 1. The SMILES string of the molecule is C[C@@H]1[C@@H]([Si](C)(C)F)[C@H](CC(=O)N2Cc3ccccc3C[C@H]2CO)O[C@@]12C(=O)N(Cc1ccccc1)c1ccc(N(C=O)c3ccccc3)cc12. The Morgan fingerprint density at radius 2 is 1.64 bits per heavy atom. The molecule has 50 heavy (non-hydrogen) atoms. The zero-order valence-corrected chi connectivity index (χ0v) is 29.5. The van der Waals surface area contributed by atoms with Gasteiger partial charge < -0.3 is 23.8 Å². The van der Waals surface area contributed by atoms with Crippen molar-refractivity contribution in [1.29, 1.82) is 0 Å². The topological polar surface area (TPSA) is 90.4 Å². The molecular weight excluding hydrogens is 650 g/mol. The molecule has 10 heteroatoms. The maximum atomic E-state index is 16.6. The molecule has 0 radical (unpaired) electrons. The van der Waals surface area contributed by atoms with Crippen LogP contribution in [0.4, 0.5) is 21.2 Å². The fourth-order valence-electron chi connectivity index (χ4n) is 8.50. The first-order chi connectivity index (χ1) is 24.1. The number of benzene rings is 4. The van der Waals surface area contributed by atoms with Crippen molar-refractivity contribution in [1.82, 2.24) is 4.90 Å². The van der Waals surface area contributed by atoms with Crippen LogP contribution in [-0.4, -0.2) is 55.4 Å². The van der Waals surface area contributed by atoms with Crippen LogP contribution in [0.25, 0.3) is 0 Å². The van der Waals surface area contributed by atoms with Gasteiger partial charge in [-0.05, 0) is 66.5 Å². The molecule has 1 saturated heterocycles. The molecule has 1 fully saturated rings. The van der Waals surface area contributed by atoms with Crippen LogP contribution in [-0.2, 0) is 44.2 Å². The molecule has 3 aliphatic heterocycles. The van der Waals surface area contributed by atoms with Crippen molar-refractivity contribution >= 4 is 43.7 Å². The number of rotatable bonds is 9. The summed E-state index contributed by atoms with van der Waals surface area (Å²) in [5, 5.41) is 10.3. The smallest absolute Gasteiger partial charge is 0.264 e. The van der Waals surface area contributed by atoms with Crippen molar-refractivity contribution in [3.8, 4) is 0 Å². The van der Waals surface area contributed by atoms with E-state index in [-0.39, 0.29) is 31.4 Å². The summed E-state index contributed by atoms with van der Waals surface area (Å²) < 4.78 is 23.5. The molecule has 3 heterocycles. The summed E-state index contributed by atoms with van der Waals surface area (Å²) in [6.07, 6.45) is 0.252. The molecule has 0 unspecified atom stereocenters. The van der Waals surface area contributed by atoms with E-state index in [0.29, 0.717) is 35.6 Å². The Labute approximate surface area is 293 Å². The third kappa shape index (κ3) is 5.75. The Bertz CT molecular complexity index is 1900. The van der Waals surface area contributed by atoms with Crippen molar-refractivity contribution in [2.45, 2.75) is 69.2 Å². The lowest BCUT2D eigenvalue weighted by Gasteiger charge is -2.37. The predicted molar refractivity (Wildman–Crippen MR) is 193 cm³/mol. The molecular formula is C40H42FN3O5Si. The average Bonchev–Trinajstić information content (AvgIpc) is 3.54. The molecule has 0 aromatic heterocycles. The normalized spacial score (nSPS) is 24.3. The van der Waals surface area contributed by atoms with Crippen LogP contribution >= 0.6 is 0 Å². The summed E-state index contributed by atoms with van der Waals surface area (Å²) >= 11 is 0. The summed E-state index contributed by atoms with van der Waals surface area (Å²) in [5.74, 6) is -1.17. The van der Waals surface area contributed by atoms with Crippen LogP contribution in [0.1, 0.15) is 35.6 Å². The molecule has 7 rings (SSSR count). The van der Waals surface area contributed by atoms with Gasteiger partial charge in [-0.3, -0.25) is 19.3 Å². The molecule has 0 aliphatic carbocycles. The third-order valence-electron chi connectivity index (χ3n) is 10.8. The third-order valence-corrected chi connectivity index (χ3v) is 13.3. The number of aliphatic hydroxyl groups excluding tert-OH is 1. The average molecular weight is 692 g/mol. The van der Waals surface area contributed by atoms with E-state index >= 15 is 4.11 Å². The lowest BCUT2D eigenvalue weighted by molar-refractivity contribution is -0.151. The van der Waals surface area contributed by atoms with Gasteiger partial charge in [0.15, 0.2) is 5.60 Å². The van der Waals surface area contributed by atoms with Crippen molar-refractivity contribution in [3.05, 3.63) is 125 Å². The maximum Gasteiger partial charge on any atom is 0.264 e. The highest BCUT2D eigenvalue weighted by molar-refractivity contribution is 6.72. The number of hydrogen-bond acceptors (Lipinski definition) is 5. The second kappa shape index (κ2) is 13.2. The summed E-state index contributed by atoms with van der Waals surface area (Å²) in [7, 11) is -3.57. The Hall–Kier alpha value is -4.64. The maximum absolute atomic E-state index is 16.6. The number of aliphatic hydroxyl groups is 1. The number of anilines is 3. The number of nitrogens with zero attached hydrogens (tertiary/aromatic N) is 3. The van der Waals surface area contributed by atoms with Gasteiger partial charge in [0.05, 0.1) is 37.4 Å². The molecule has 1 N–H and O–H groups in total. The lowest BCUT2D eigenvalue weighted by Crippen LogP contribution is -2.48. The summed E-state index contributed by atoms with van der Waals surface area (Å²) in [4.78, 5) is 46.5. The zero-order chi connectivity index (χ0) is 35.2. The minimum absolute atomic E-state index is 0.124. The van der Waals surface area contributed by atoms with Gasteiger partial charge in [-0.15, -0.1) is 0 Å². The van der Waals surface area contributed by atoms with Gasteiger partial charge in [-0.2, -0.15) is 0 Å². The molecule has 5 atom stereocenters. The van der Waals surface area contributed by atoms with Crippen LogP contribution in [0.3, 0.4) is 0 Å². The highest BCUT2D eigenvalue weighted by atomic mass is 28.4. The molecule has 4 aromatic rings. The van der Waals surface area contributed by atoms with E-state index in [4.69, 9.17) is 4.74 Å². The van der Waals surface area contributed by atoms with Crippen LogP contribution in [0.2, 0.25) is 18.6 Å². The van der Waals surface area contributed by atoms with Gasteiger partial charge in [0.25, 0.3) is 5.91 Å². The monoisotopic (exact) mass is 691 g/mol. The van der Waals surface area contributed by atoms with Gasteiger partial charge in [-0.1, -0.05) is 79.7 Å². The minimum Gasteiger partial charge on any atom is -0.394 e. The summed E-state index contributed by atoms with van der Waals surface area (Å²) in [6, 6.07) is 31.8. The molecule has 258 valence electrons. The van der Waals surface area contributed by atoms with E-state index in [0.717, 1.165) is 23.1 Å². The molecule has 3 aliphatic rings. The summed E-state index contributed by atoms with van der Waals surface area (Å²) in [5.41, 5.74) is 3.14. The Morgan fingerprint density at radius 1 is 0.980 bits per heavy atom. The van der Waals surface area contributed by atoms with Crippen molar-refractivity contribution in [3.63, 3.8) is 0 Å². The largest absolute Gasteiger partial charge is 0.394 e. The van der Waals surface area contributed by atoms with E-state index in [1.165, 1.54) is 4.90 Å². The Kier molecular flexibility index (Phi) is 8.96. The number of carbonyl (C=O) groups excluding carboxylic acids is 3. The molecule has 3 amide bonds. The Balaban J connectivity index is 1.30. The fraction of sp³-hybridized carbons (Fsp3) is 0.325. The molecule has 0 bridgehead atoms. The molecule has 0 saturated carbocycles. The van der Waals surface area contributed by atoms with Crippen molar-refractivity contribution in [2.75, 3.05) is 16.4 Å². The van der Waals surface area contributed by atoms with Crippen LogP contribution < -0.4 is 9.80 Å². The number of halogens is 1. The van der Waals surface area contributed by atoms with Gasteiger partial charge in [0.2, 0.25) is 20.7 Å². The van der Waals surface area contributed by atoms with E-state index in [1.807, 2.05) is 104 Å². The van der Waals surface area contributed by atoms with E-state index in [9.17, 15) is 19.5 Å². The second-order valence-corrected chi connectivity index (χ2v) is 18.0.